The van der Waals surface area contributed by atoms with Crippen molar-refractivity contribution in [2.24, 2.45) is 0 Å². The third kappa shape index (κ3) is 3.30. The van der Waals surface area contributed by atoms with Crippen LogP contribution in [0.4, 0.5) is 11.4 Å². The number of nitrogens with one attached hydrogen (secondary N) is 1. The standard InChI is InChI=1S/C21H22N2O4/c1-5-27-19(25)14-8-6-13(7-9-14)18(24)22-15-10-11-17-16(12-15)21(2,3)20(26)23(17)4/h6-12H,5H2,1-4H3,(H,22,24). The van der Waals surface area contributed by atoms with Gasteiger partial charge in [-0.2, -0.15) is 0 Å². The molecule has 0 unspecified atom stereocenters. The molecule has 140 valence electrons. The first-order valence-electron chi connectivity index (χ1n) is 8.77. The van der Waals surface area contributed by atoms with Gasteiger partial charge in [0.15, 0.2) is 0 Å². The molecule has 0 saturated heterocycles. The summed E-state index contributed by atoms with van der Waals surface area (Å²) in [7, 11) is 1.75. The van der Waals surface area contributed by atoms with Gasteiger partial charge in [0.05, 0.1) is 17.6 Å². The van der Waals surface area contributed by atoms with Crippen molar-refractivity contribution < 1.29 is 19.1 Å². The van der Waals surface area contributed by atoms with Crippen LogP contribution in [-0.4, -0.2) is 31.4 Å². The molecule has 6 heteroatoms. The van der Waals surface area contributed by atoms with E-state index in [4.69, 9.17) is 4.74 Å². The lowest BCUT2D eigenvalue weighted by Crippen LogP contribution is -2.33. The van der Waals surface area contributed by atoms with E-state index in [9.17, 15) is 14.4 Å². The highest BCUT2D eigenvalue weighted by Gasteiger charge is 2.42. The lowest BCUT2D eigenvalue weighted by Gasteiger charge is -2.17. The second kappa shape index (κ2) is 6.87. The van der Waals surface area contributed by atoms with Gasteiger partial charge in [0.25, 0.3) is 5.91 Å². The minimum absolute atomic E-state index is 0.0236. The summed E-state index contributed by atoms with van der Waals surface area (Å²) < 4.78 is 4.93. The molecule has 0 atom stereocenters. The molecular formula is C21H22N2O4. The van der Waals surface area contributed by atoms with Gasteiger partial charge in [0, 0.05) is 24.0 Å². The average Bonchev–Trinajstić information content (AvgIpc) is 2.82. The fraction of sp³-hybridized carbons (Fsp3) is 0.286. The second-order valence-electron chi connectivity index (χ2n) is 6.97. The van der Waals surface area contributed by atoms with E-state index >= 15 is 0 Å². The lowest BCUT2D eigenvalue weighted by molar-refractivity contribution is -0.121. The minimum atomic E-state index is -0.633. The topological polar surface area (TPSA) is 75.7 Å². The monoisotopic (exact) mass is 366 g/mol. The quantitative estimate of drug-likeness (QED) is 0.842. The van der Waals surface area contributed by atoms with Crippen LogP contribution in [0.15, 0.2) is 42.5 Å². The van der Waals surface area contributed by atoms with E-state index < -0.39 is 11.4 Å². The molecule has 0 bridgehead atoms. The number of ether oxygens (including phenoxy) is 1. The van der Waals surface area contributed by atoms with Gasteiger partial charge < -0.3 is 15.0 Å². The average molecular weight is 366 g/mol. The molecule has 3 rings (SSSR count). The molecule has 6 nitrogen and oxygen atoms in total. The molecule has 0 fully saturated rings. The van der Waals surface area contributed by atoms with Gasteiger partial charge in [-0.25, -0.2) is 4.79 Å². The third-order valence-electron chi connectivity index (χ3n) is 4.79. The first-order valence-corrected chi connectivity index (χ1v) is 8.77. The third-order valence-corrected chi connectivity index (χ3v) is 4.79. The Kier molecular flexibility index (Phi) is 4.74. The number of hydrogen-bond acceptors (Lipinski definition) is 4. The predicted octanol–water partition coefficient (Wildman–Crippen LogP) is 3.37. The summed E-state index contributed by atoms with van der Waals surface area (Å²) in [5.41, 5.74) is 2.54. The van der Waals surface area contributed by atoms with Crippen LogP contribution < -0.4 is 10.2 Å². The summed E-state index contributed by atoms with van der Waals surface area (Å²) in [4.78, 5) is 38.2. The molecule has 0 aliphatic carbocycles. The summed E-state index contributed by atoms with van der Waals surface area (Å²) in [6, 6.07) is 11.7. The van der Waals surface area contributed by atoms with Gasteiger partial charge in [-0.15, -0.1) is 0 Å². The number of amides is 2. The first-order chi connectivity index (χ1) is 12.8. The molecule has 1 N–H and O–H groups in total. The highest BCUT2D eigenvalue weighted by Crippen LogP contribution is 2.41. The van der Waals surface area contributed by atoms with E-state index in [1.165, 1.54) is 0 Å². The number of anilines is 2. The Morgan fingerprint density at radius 1 is 1.07 bits per heavy atom. The minimum Gasteiger partial charge on any atom is -0.462 e. The van der Waals surface area contributed by atoms with Crippen LogP contribution in [0.5, 0.6) is 0 Å². The Bertz CT molecular complexity index is 916. The van der Waals surface area contributed by atoms with Gasteiger partial charge in [-0.3, -0.25) is 9.59 Å². The highest BCUT2D eigenvalue weighted by molar-refractivity contribution is 6.09. The molecule has 1 aliphatic heterocycles. The van der Waals surface area contributed by atoms with Crippen molar-refractivity contribution in [1.82, 2.24) is 0 Å². The Labute approximate surface area is 158 Å². The van der Waals surface area contributed by atoms with Gasteiger partial charge in [-0.05, 0) is 68.8 Å². The summed E-state index contributed by atoms with van der Waals surface area (Å²) in [6.07, 6.45) is 0. The number of benzene rings is 2. The maximum Gasteiger partial charge on any atom is 0.338 e. The van der Waals surface area contributed by atoms with Crippen molar-refractivity contribution in [3.8, 4) is 0 Å². The van der Waals surface area contributed by atoms with Crippen molar-refractivity contribution in [3.05, 3.63) is 59.2 Å². The summed E-state index contributed by atoms with van der Waals surface area (Å²) >= 11 is 0. The maximum absolute atomic E-state index is 12.5. The summed E-state index contributed by atoms with van der Waals surface area (Å²) in [5, 5.41) is 2.84. The number of fused-ring (bicyclic) bond motifs is 1. The molecule has 27 heavy (non-hydrogen) atoms. The van der Waals surface area contributed by atoms with Crippen LogP contribution in [0.2, 0.25) is 0 Å². The molecule has 0 aromatic heterocycles. The molecule has 0 radical (unpaired) electrons. The van der Waals surface area contributed by atoms with Crippen LogP contribution in [0.1, 0.15) is 47.1 Å². The van der Waals surface area contributed by atoms with E-state index in [1.54, 1.807) is 49.2 Å². The van der Waals surface area contributed by atoms with Crippen LogP contribution in [0.3, 0.4) is 0 Å². The molecule has 2 amide bonds. The van der Waals surface area contributed by atoms with E-state index in [0.29, 0.717) is 23.4 Å². The summed E-state index contributed by atoms with van der Waals surface area (Å²) in [6.45, 7) is 5.78. The van der Waals surface area contributed by atoms with E-state index in [1.807, 2.05) is 26.0 Å². The normalized spacial score (nSPS) is 14.7. The van der Waals surface area contributed by atoms with Crippen LogP contribution in [0, 0.1) is 0 Å². The van der Waals surface area contributed by atoms with Crippen molar-refractivity contribution in [1.29, 1.82) is 0 Å². The number of likely N-dealkylation sites (N-methyl/N-ethyl adjacent to an activating group) is 1. The number of esters is 1. The molecule has 0 saturated carbocycles. The lowest BCUT2D eigenvalue weighted by atomic mass is 9.86. The number of carbonyl (C=O) groups is 3. The molecule has 1 heterocycles. The van der Waals surface area contributed by atoms with Crippen molar-refractivity contribution >= 4 is 29.2 Å². The Hall–Kier alpha value is -3.15. The SMILES string of the molecule is CCOC(=O)c1ccc(C(=O)Nc2ccc3c(c2)C(C)(C)C(=O)N3C)cc1. The number of rotatable bonds is 4. The maximum atomic E-state index is 12.5. The molecule has 2 aromatic rings. The predicted molar refractivity (Wildman–Crippen MR) is 103 cm³/mol. The van der Waals surface area contributed by atoms with Gasteiger partial charge in [0.1, 0.15) is 0 Å². The number of carbonyl (C=O) groups excluding carboxylic acids is 3. The van der Waals surface area contributed by atoms with Crippen molar-refractivity contribution in [2.75, 3.05) is 23.9 Å². The molecule has 0 spiro atoms. The largest absolute Gasteiger partial charge is 0.462 e. The Morgan fingerprint density at radius 2 is 1.70 bits per heavy atom. The van der Waals surface area contributed by atoms with Gasteiger partial charge >= 0.3 is 5.97 Å². The van der Waals surface area contributed by atoms with Gasteiger partial charge in [-0.1, -0.05) is 0 Å². The fourth-order valence-electron chi connectivity index (χ4n) is 3.23. The van der Waals surface area contributed by atoms with Crippen LogP contribution in [-0.2, 0) is 14.9 Å². The van der Waals surface area contributed by atoms with Crippen molar-refractivity contribution in [2.45, 2.75) is 26.2 Å². The van der Waals surface area contributed by atoms with Crippen LogP contribution in [0.25, 0.3) is 0 Å². The molecule has 1 aliphatic rings. The number of hydrogen-bond donors (Lipinski definition) is 1. The number of nitrogens with zero attached hydrogens (tertiary/aromatic N) is 1. The zero-order valence-corrected chi connectivity index (χ0v) is 15.8. The first kappa shape index (κ1) is 18.6. The summed E-state index contributed by atoms with van der Waals surface area (Å²) in [5.74, 6) is -0.685. The molecular weight excluding hydrogens is 344 g/mol. The van der Waals surface area contributed by atoms with E-state index in [2.05, 4.69) is 5.32 Å². The zero-order chi connectivity index (χ0) is 19.8. The van der Waals surface area contributed by atoms with Crippen molar-refractivity contribution in [3.63, 3.8) is 0 Å². The second-order valence-corrected chi connectivity index (χ2v) is 6.97. The fourth-order valence-corrected chi connectivity index (χ4v) is 3.23. The highest BCUT2D eigenvalue weighted by atomic mass is 16.5. The Morgan fingerprint density at radius 3 is 2.33 bits per heavy atom. The molecule has 2 aromatic carbocycles. The zero-order valence-electron chi connectivity index (χ0n) is 15.8. The Balaban J connectivity index is 1.79. The van der Waals surface area contributed by atoms with E-state index in [-0.39, 0.29) is 11.8 Å². The van der Waals surface area contributed by atoms with Crippen LogP contribution >= 0.6 is 0 Å². The smallest absolute Gasteiger partial charge is 0.338 e. The van der Waals surface area contributed by atoms with Gasteiger partial charge in [0.2, 0.25) is 5.91 Å². The van der Waals surface area contributed by atoms with E-state index in [0.717, 1.165) is 11.3 Å².